The number of piperidine rings is 1. The van der Waals surface area contributed by atoms with E-state index in [1.165, 1.54) is 0 Å². The number of amides is 3. The summed E-state index contributed by atoms with van der Waals surface area (Å²) in [5, 5.41) is 24.3. The van der Waals surface area contributed by atoms with Crippen LogP contribution in [0.1, 0.15) is 40.7 Å². The third-order valence-electron chi connectivity index (χ3n) is 11.5. The number of aromatic nitrogens is 2. The minimum atomic E-state index is -1.07. The number of phenolic OH excluding ortho intramolecular Hbond substituents is 1. The number of nitrogens with one attached hydrogen (secondary N) is 2. The van der Waals surface area contributed by atoms with E-state index in [0.717, 1.165) is 66.9 Å². The zero-order chi connectivity index (χ0) is 38.7. The van der Waals surface area contributed by atoms with Crippen molar-refractivity contribution in [1.82, 2.24) is 25.3 Å². The maximum atomic E-state index is 14.1. The van der Waals surface area contributed by atoms with Gasteiger partial charge in [0.1, 0.15) is 29.5 Å². The number of ether oxygens (including phenoxy) is 2. The predicted octanol–water partition coefficient (Wildman–Crippen LogP) is 3.67. The predicted molar refractivity (Wildman–Crippen MR) is 201 cm³/mol. The van der Waals surface area contributed by atoms with Crippen LogP contribution in [0, 0.1) is 11.6 Å². The Labute approximate surface area is 321 Å². The number of methoxy groups -OCH3 is 1. The van der Waals surface area contributed by atoms with E-state index in [1.807, 2.05) is 36.4 Å². The monoisotopic (exact) mass is 766 g/mol. The molecule has 5 aliphatic rings. The maximum absolute atomic E-state index is 14.1. The van der Waals surface area contributed by atoms with Gasteiger partial charge in [0.2, 0.25) is 11.8 Å². The van der Waals surface area contributed by atoms with Crippen molar-refractivity contribution in [3.63, 3.8) is 0 Å². The molecule has 3 amide bonds. The average molecular weight is 767 g/mol. The van der Waals surface area contributed by atoms with Gasteiger partial charge in [-0.05, 0) is 42.3 Å². The van der Waals surface area contributed by atoms with Crippen molar-refractivity contribution in [2.24, 2.45) is 0 Å². The Bertz CT molecular complexity index is 2250. The fraction of sp³-hybridized carbons (Fsp3) is 0.375. The lowest BCUT2D eigenvalue weighted by Crippen LogP contribution is -2.52. The summed E-state index contributed by atoms with van der Waals surface area (Å²) in [6.45, 7) is 5.40. The van der Waals surface area contributed by atoms with Gasteiger partial charge >= 0.3 is 0 Å². The highest BCUT2D eigenvalue weighted by Crippen LogP contribution is 2.40. The number of hydrogen-bond donors (Lipinski definition) is 3. The smallest absolute Gasteiger partial charge is 0.255 e. The van der Waals surface area contributed by atoms with Gasteiger partial charge in [-0.3, -0.25) is 24.6 Å². The second-order valence-corrected chi connectivity index (χ2v) is 14.9. The SMILES string of the molecule is COc1cc(O[C@@H]2C[C@@H]3CNc4nnc(-c5cc(F)cc(F)c5O)cc4N3C2)ccc1CN1CCN(c2ccc3c(c2)C(=O)N(C2CCC(=O)NC2=O)C3)CC1. The van der Waals surface area contributed by atoms with Gasteiger partial charge in [-0.2, -0.15) is 0 Å². The first kappa shape index (κ1) is 35.7. The van der Waals surface area contributed by atoms with Crippen molar-refractivity contribution in [3.05, 3.63) is 82.9 Å². The Kier molecular flexibility index (Phi) is 9.06. The van der Waals surface area contributed by atoms with Crippen LogP contribution in [0.15, 0.2) is 54.6 Å². The van der Waals surface area contributed by atoms with Crippen LogP contribution in [-0.2, 0) is 22.7 Å². The molecule has 5 aliphatic heterocycles. The Hall–Kier alpha value is -6.03. The van der Waals surface area contributed by atoms with Crippen molar-refractivity contribution in [2.75, 3.05) is 61.5 Å². The van der Waals surface area contributed by atoms with Crippen LogP contribution >= 0.6 is 0 Å². The fourth-order valence-electron chi connectivity index (χ4n) is 8.55. The van der Waals surface area contributed by atoms with Crippen molar-refractivity contribution in [1.29, 1.82) is 0 Å². The standard InChI is InChI=1S/C40H40F2N8O6/c1-55-35-16-27(56-28-14-26-18-43-38-34(49(26)21-28)17-32(45-46-38)30-12-24(41)13-31(42)37(30)52)5-3-23(35)19-47-8-10-48(11-9-47)25-4-2-22-20-50(40(54)29(22)15-25)33-6-7-36(51)44-39(33)53/h2-5,12-13,15-17,26,28,33,52H,6-11,14,18-21H2,1H3,(H,43,46)(H,44,51,53)/t26-,28-,33?/m1/s1. The van der Waals surface area contributed by atoms with Crippen LogP contribution in [0.5, 0.6) is 17.2 Å². The number of hydrogen-bond acceptors (Lipinski definition) is 12. The second-order valence-electron chi connectivity index (χ2n) is 14.9. The summed E-state index contributed by atoms with van der Waals surface area (Å²) in [4.78, 5) is 45.8. The molecular weight excluding hydrogens is 726 g/mol. The van der Waals surface area contributed by atoms with Crippen molar-refractivity contribution in [2.45, 2.75) is 50.5 Å². The van der Waals surface area contributed by atoms with E-state index in [9.17, 15) is 28.3 Å². The van der Waals surface area contributed by atoms with E-state index < -0.39 is 29.3 Å². The molecule has 14 nitrogen and oxygen atoms in total. The summed E-state index contributed by atoms with van der Waals surface area (Å²) in [7, 11) is 1.65. The highest BCUT2D eigenvalue weighted by Gasteiger charge is 2.40. The van der Waals surface area contributed by atoms with Crippen LogP contribution in [-0.4, -0.2) is 107 Å². The van der Waals surface area contributed by atoms with E-state index in [-0.39, 0.29) is 41.6 Å². The normalized spacial score (nSPS) is 22.0. The second kappa shape index (κ2) is 14.2. The summed E-state index contributed by atoms with van der Waals surface area (Å²) in [5.41, 5.74) is 4.32. The van der Waals surface area contributed by atoms with Crippen molar-refractivity contribution in [3.8, 4) is 28.5 Å². The number of phenols is 1. The number of benzene rings is 3. The molecule has 56 heavy (non-hydrogen) atoms. The average Bonchev–Trinajstić information content (AvgIpc) is 3.76. The number of imide groups is 1. The van der Waals surface area contributed by atoms with Crippen molar-refractivity contribution >= 4 is 34.9 Å². The molecule has 3 N–H and O–H groups in total. The number of halogens is 2. The molecule has 0 saturated carbocycles. The van der Waals surface area contributed by atoms with Crippen LogP contribution < -0.4 is 29.9 Å². The topological polar surface area (TPSA) is 153 Å². The first-order chi connectivity index (χ1) is 27.1. The summed E-state index contributed by atoms with van der Waals surface area (Å²) in [6, 6.07) is 14.6. The number of piperazine rings is 1. The van der Waals surface area contributed by atoms with E-state index in [2.05, 4.69) is 35.5 Å². The molecule has 290 valence electrons. The lowest BCUT2D eigenvalue weighted by molar-refractivity contribution is -0.136. The molecule has 0 aliphatic carbocycles. The Balaban J connectivity index is 0.813. The molecule has 0 bridgehead atoms. The molecule has 3 fully saturated rings. The highest BCUT2D eigenvalue weighted by atomic mass is 19.1. The molecule has 9 rings (SSSR count). The largest absolute Gasteiger partial charge is 0.504 e. The van der Waals surface area contributed by atoms with Gasteiger partial charge in [0.25, 0.3) is 5.91 Å². The quantitative estimate of drug-likeness (QED) is 0.225. The first-order valence-corrected chi connectivity index (χ1v) is 18.8. The molecule has 4 aromatic rings. The minimum Gasteiger partial charge on any atom is -0.504 e. The van der Waals surface area contributed by atoms with Crippen LogP contribution in [0.3, 0.4) is 0 Å². The summed E-state index contributed by atoms with van der Waals surface area (Å²) in [6.07, 6.45) is 1.14. The number of anilines is 3. The molecule has 6 heterocycles. The van der Waals surface area contributed by atoms with Gasteiger partial charge in [0.05, 0.1) is 31.1 Å². The Morgan fingerprint density at radius 2 is 1.79 bits per heavy atom. The van der Waals surface area contributed by atoms with Crippen LogP contribution in [0.2, 0.25) is 0 Å². The van der Waals surface area contributed by atoms with E-state index in [1.54, 1.807) is 18.1 Å². The number of aromatic hydroxyl groups is 1. The fourth-order valence-corrected chi connectivity index (χ4v) is 8.55. The molecule has 3 aromatic carbocycles. The molecule has 0 spiro atoms. The number of rotatable bonds is 8. The van der Waals surface area contributed by atoms with E-state index in [0.29, 0.717) is 55.8 Å². The molecule has 1 aromatic heterocycles. The lowest BCUT2D eigenvalue weighted by Gasteiger charge is -2.36. The number of nitrogens with zero attached hydrogens (tertiary/aromatic N) is 6. The minimum absolute atomic E-state index is 0.0700. The van der Waals surface area contributed by atoms with E-state index >= 15 is 0 Å². The first-order valence-electron chi connectivity index (χ1n) is 18.8. The summed E-state index contributed by atoms with van der Waals surface area (Å²) in [5.74, 6) is -1.49. The van der Waals surface area contributed by atoms with Gasteiger partial charge < -0.3 is 34.6 Å². The molecule has 16 heteroatoms. The van der Waals surface area contributed by atoms with Gasteiger partial charge in [0.15, 0.2) is 17.4 Å². The Morgan fingerprint density at radius 3 is 2.59 bits per heavy atom. The third kappa shape index (κ3) is 6.56. The zero-order valence-electron chi connectivity index (χ0n) is 30.6. The number of carbonyl (C=O) groups is 3. The zero-order valence-corrected chi connectivity index (χ0v) is 30.6. The van der Waals surface area contributed by atoms with Gasteiger partial charge in [-0.25, -0.2) is 8.78 Å². The van der Waals surface area contributed by atoms with E-state index in [4.69, 9.17) is 9.47 Å². The van der Waals surface area contributed by atoms with Gasteiger partial charge in [-0.1, -0.05) is 12.1 Å². The number of fused-ring (bicyclic) bond motifs is 4. The molecule has 1 unspecified atom stereocenters. The highest BCUT2D eigenvalue weighted by molar-refractivity contribution is 6.05. The lowest BCUT2D eigenvalue weighted by atomic mass is 10.0. The van der Waals surface area contributed by atoms with Crippen LogP contribution in [0.4, 0.5) is 26.0 Å². The van der Waals surface area contributed by atoms with Crippen LogP contribution in [0.25, 0.3) is 11.3 Å². The summed E-state index contributed by atoms with van der Waals surface area (Å²) < 4.78 is 40.4. The maximum Gasteiger partial charge on any atom is 0.255 e. The van der Waals surface area contributed by atoms with Gasteiger partial charge in [0, 0.05) is 93.2 Å². The molecule has 3 atom stereocenters. The van der Waals surface area contributed by atoms with Crippen molar-refractivity contribution < 1.29 is 37.7 Å². The third-order valence-corrected chi connectivity index (χ3v) is 11.5. The molecular formula is C40H40F2N8O6. The Morgan fingerprint density at radius 1 is 0.946 bits per heavy atom. The van der Waals surface area contributed by atoms with Gasteiger partial charge in [-0.15, -0.1) is 10.2 Å². The summed E-state index contributed by atoms with van der Waals surface area (Å²) >= 11 is 0. The molecule has 3 saturated heterocycles. The molecule has 0 radical (unpaired) electrons. The number of carbonyl (C=O) groups excluding carboxylic acids is 3.